The lowest BCUT2D eigenvalue weighted by Crippen LogP contribution is -2.50. The molecular weight excluding hydrogens is 711 g/mol. The molecule has 2 saturated heterocycles. The van der Waals surface area contributed by atoms with Gasteiger partial charge in [-0.3, -0.25) is 4.90 Å². The molecule has 2 aliphatic rings. The molecule has 1 amide bonds. The van der Waals surface area contributed by atoms with Crippen LogP contribution >= 0.6 is 11.6 Å². The summed E-state index contributed by atoms with van der Waals surface area (Å²) in [5.41, 5.74) is -0.568. The molecule has 53 heavy (non-hydrogen) atoms. The number of benzene rings is 1. The van der Waals surface area contributed by atoms with Crippen LogP contribution in [0.4, 0.5) is 19.7 Å². The van der Waals surface area contributed by atoms with Crippen molar-refractivity contribution in [2.24, 2.45) is 0 Å². The van der Waals surface area contributed by atoms with Crippen molar-refractivity contribution >= 4 is 51.3 Å². The number of ether oxygens (including phenoxy) is 5. The van der Waals surface area contributed by atoms with Gasteiger partial charge in [0, 0.05) is 64.0 Å². The zero-order valence-electron chi connectivity index (χ0n) is 30.9. The summed E-state index contributed by atoms with van der Waals surface area (Å²) in [6, 6.07) is 5.07. The van der Waals surface area contributed by atoms with Gasteiger partial charge in [-0.15, -0.1) is 0 Å². The van der Waals surface area contributed by atoms with Crippen molar-refractivity contribution in [3.63, 3.8) is 0 Å². The molecule has 0 radical (unpaired) electrons. The molecule has 6 rings (SSSR count). The van der Waals surface area contributed by atoms with E-state index in [1.54, 1.807) is 38.8 Å². The van der Waals surface area contributed by atoms with Crippen LogP contribution in [0.2, 0.25) is 5.02 Å². The van der Waals surface area contributed by atoms with Gasteiger partial charge in [0.2, 0.25) is 11.8 Å². The second-order valence-corrected chi connectivity index (χ2v) is 15.3. The smallest absolute Gasteiger partial charge is 0.435 e. The Morgan fingerprint density at radius 2 is 1.64 bits per heavy atom. The van der Waals surface area contributed by atoms with Gasteiger partial charge in [-0.2, -0.15) is 15.0 Å². The topological polar surface area (TPSA) is 157 Å². The van der Waals surface area contributed by atoms with Gasteiger partial charge in [-0.1, -0.05) is 11.6 Å². The quantitative estimate of drug-likeness (QED) is 0.227. The molecule has 0 saturated carbocycles. The number of fused-ring (bicyclic) bond motifs is 2. The maximum absolute atomic E-state index is 15.4. The highest BCUT2D eigenvalue weighted by Crippen LogP contribution is 2.43. The lowest BCUT2D eigenvalue weighted by molar-refractivity contribution is 0.0240. The van der Waals surface area contributed by atoms with Crippen molar-refractivity contribution < 1.29 is 37.7 Å². The number of rotatable bonds is 6. The third-order valence-electron chi connectivity index (χ3n) is 8.62. The predicted octanol–water partition coefficient (Wildman–Crippen LogP) is 5.98. The van der Waals surface area contributed by atoms with E-state index < -0.39 is 35.3 Å². The number of halogens is 2. The number of aromatic nitrogens is 4. The average Bonchev–Trinajstić information content (AvgIpc) is 3.67. The van der Waals surface area contributed by atoms with Crippen LogP contribution < -0.4 is 14.4 Å². The Balaban J connectivity index is 1.46. The second-order valence-electron chi connectivity index (χ2n) is 14.9. The maximum atomic E-state index is 15.4. The van der Waals surface area contributed by atoms with Crippen molar-refractivity contribution in [3.8, 4) is 23.6 Å². The molecule has 0 spiro atoms. The highest BCUT2D eigenvalue weighted by Gasteiger charge is 2.36. The summed E-state index contributed by atoms with van der Waals surface area (Å²) < 4.78 is 45.8. The number of nitriles is 1. The number of pyridine rings is 2. The molecule has 0 bridgehead atoms. The van der Waals surface area contributed by atoms with Crippen LogP contribution in [0.1, 0.15) is 47.1 Å². The molecule has 17 heteroatoms. The average molecular weight is 753 g/mol. The molecule has 15 nitrogen and oxygen atoms in total. The van der Waals surface area contributed by atoms with E-state index >= 15 is 4.39 Å². The summed E-state index contributed by atoms with van der Waals surface area (Å²) in [5, 5.41) is 15.1. The minimum absolute atomic E-state index is 0.0259. The molecule has 2 unspecified atom stereocenters. The highest BCUT2D eigenvalue weighted by molar-refractivity contribution is 6.33. The summed E-state index contributed by atoms with van der Waals surface area (Å²) in [7, 11) is 3.54. The molecule has 0 aliphatic carbocycles. The Morgan fingerprint density at radius 3 is 2.28 bits per heavy atom. The van der Waals surface area contributed by atoms with E-state index in [0.717, 1.165) is 10.7 Å². The summed E-state index contributed by atoms with van der Waals surface area (Å²) in [4.78, 5) is 40.7. The van der Waals surface area contributed by atoms with E-state index in [1.165, 1.54) is 12.4 Å². The van der Waals surface area contributed by atoms with E-state index in [-0.39, 0.29) is 50.6 Å². The number of nitrogens with zero attached hydrogens (tertiary/aromatic N) is 8. The first-order valence-corrected chi connectivity index (χ1v) is 17.5. The van der Waals surface area contributed by atoms with Crippen molar-refractivity contribution in [1.82, 2.24) is 29.5 Å². The van der Waals surface area contributed by atoms with E-state index in [9.17, 15) is 14.9 Å². The second kappa shape index (κ2) is 14.4. The van der Waals surface area contributed by atoms with Gasteiger partial charge in [-0.05, 0) is 54.7 Å². The van der Waals surface area contributed by atoms with Crippen LogP contribution in [0.3, 0.4) is 0 Å². The van der Waals surface area contributed by atoms with Crippen LogP contribution in [0.15, 0.2) is 24.5 Å². The number of amides is 1. The third-order valence-corrected chi connectivity index (χ3v) is 8.97. The van der Waals surface area contributed by atoms with Crippen molar-refractivity contribution in [3.05, 3.63) is 40.9 Å². The maximum Gasteiger partial charge on any atom is 0.435 e. The normalized spacial score (nSPS) is 18.4. The lowest BCUT2D eigenvalue weighted by Gasteiger charge is -2.37. The number of anilines is 1. The van der Waals surface area contributed by atoms with Crippen LogP contribution in [0, 0.1) is 17.1 Å². The number of hydrogen-bond acceptors (Lipinski definition) is 13. The van der Waals surface area contributed by atoms with Gasteiger partial charge < -0.3 is 33.5 Å². The van der Waals surface area contributed by atoms with Crippen LogP contribution in [-0.2, 0) is 14.2 Å². The van der Waals surface area contributed by atoms with Crippen molar-refractivity contribution in [2.45, 2.75) is 65.0 Å². The predicted molar refractivity (Wildman–Crippen MR) is 193 cm³/mol. The monoisotopic (exact) mass is 752 g/mol. The van der Waals surface area contributed by atoms with Gasteiger partial charge >= 0.3 is 12.2 Å². The van der Waals surface area contributed by atoms with Gasteiger partial charge in [0.1, 0.15) is 51.4 Å². The Kier molecular flexibility index (Phi) is 10.3. The Bertz CT molecular complexity index is 2100. The highest BCUT2D eigenvalue weighted by atomic mass is 35.5. The first kappa shape index (κ1) is 37.8. The molecule has 4 aromatic rings. The number of carbonyl (C=O) groups is 2. The molecule has 2 atom stereocenters. The number of likely N-dealkylation sites (N-methyl/N-ethyl adjacent to an activating group) is 1. The molecule has 1 aromatic carbocycles. The van der Waals surface area contributed by atoms with E-state index in [2.05, 4.69) is 16.2 Å². The largest absolute Gasteiger partial charge is 0.469 e. The van der Waals surface area contributed by atoms with E-state index in [1.807, 2.05) is 37.6 Å². The molecule has 5 heterocycles. The first-order valence-electron chi connectivity index (χ1n) is 17.1. The van der Waals surface area contributed by atoms with Gasteiger partial charge in [-0.25, -0.2) is 23.9 Å². The SMILES string of the molecule is COC1CN(C)CC1Oc1nc2c(Oc3c(Cl)c(F)cc4c3cnn4C(=O)OC(C)(C)C)nccc2c(N2CCN(C(=O)OC(C)(C)C)CC2)c1C#N. The fourth-order valence-electron chi connectivity index (χ4n) is 6.29. The number of methoxy groups -OCH3 is 1. The van der Waals surface area contributed by atoms with Crippen LogP contribution in [0.25, 0.3) is 21.8 Å². The number of carbonyl (C=O) groups excluding carboxylic acids is 2. The third kappa shape index (κ3) is 7.87. The summed E-state index contributed by atoms with van der Waals surface area (Å²) >= 11 is 6.50. The van der Waals surface area contributed by atoms with Crippen molar-refractivity contribution in [2.75, 3.05) is 58.3 Å². The lowest BCUT2D eigenvalue weighted by atomic mass is 10.1. The first-order chi connectivity index (χ1) is 25.0. The minimum atomic E-state index is -0.872. The molecular formula is C36H42ClFN8O7. The molecule has 2 aliphatic heterocycles. The zero-order valence-corrected chi connectivity index (χ0v) is 31.7. The van der Waals surface area contributed by atoms with Crippen LogP contribution in [0.5, 0.6) is 17.5 Å². The summed E-state index contributed by atoms with van der Waals surface area (Å²) in [6.07, 6.45) is 0.789. The minimum Gasteiger partial charge on any atom is -0.469 e. The summed E-state index contributed by atoms with van der Waals surface area (Å²) in [5.74, 6) is -1.08. The van der Waals surface area contributed by atoms with Gasteiger partial charge in [0.15, 0.2) is 5.75 Å². The fourth-order valence-corrected chi connectivity index (χ4v) is 6.49. The van der Waals surface area contributed by atoms with E-state index in [4.69, 9.17) is 40.3 Å². The standard InChI is InChI=1S/C36H42ClFN8O7/c1-35(2,3)52-33(47)45-13-11-44(12-14-45)29-20-9-10-40-32(28(20)42-31(21(29)16-39)50-26-19-43(7)18-25(26)49-8)51-30-22-17-41-46(34(48)53-36(4,5)6)24(22)15-23(38)27(30)37/h9-10,15,17,25-26H,11-14,18-19H2,1-8H3. The number of piperazine rings is 1. The molecule has 2 fully saturated rings. The van der Waals surface area contributed by atoms with Gasteiger partial charge in [0.25, 0.3) is 0 Å². The fraction of sp³-hybridized carbons (Fsp3) is 0.500. The zero-order chi connectivity index (χ0) is 38.4. The van der Waals surface area contributed by atoms with Crippen molar-refractivity contribution in [1.29, 1.82) is 5.26 Å². The Hall–Kier alpha value is -4.98. The van der Waals surface area contributed by atoms with E-state index in [0.29, 0.717) is 50.3 Å². The molecule has 0 N–H and O–H groups in total. The molecule has 3 aromatic heterocycles. The van der Waals surface area contributed by atoms with Gasteiger partial charge in [0.05, 0.1) is 22.8 Å². The number of hydrogen-bond donors (Lipinski definition) is 0. The Morgan fingerprint density at radius 1 is 0.981 bits per heavy atom. The molecule has 282 valence electrons. The Labute approximate surface area is 311 Å². The summed E-state index contributed by atoms with van der Waals surface area (Å²) in [6.45, 7) is 13.0. The van der Waals surface area contributed by atoms with Crippen LogP contribution in [-0.4, -0.2) is 119 Å². The number of likely N-dealkylation sites (tertiary alicyclic amines) is 1.